The molecular formula is C16H28N2O. The molecule has 0 saturated carbocycles. The maximum Gasteiger partial charge on any atom is 0.0663 e. The van der Waals surface area contributed by atoms with Gasteiger partial charge < -0.3 is 15.0 Å². The van der Waals surface area contributed by atoms with Crippen molar-refractivity contribution in [3.8, 4) is 0 Å². The van der Waals surface area contributed by atoms with E-state index in [4.69, 9.17) is 4.74 Å². The van der Waals surface area contributed by atoms with E-state index >= 15 is 0 Å². The van der Waals surface area contributed by atoms with E-state index in [-0.39, 0.29) is 0 Å². The van der Waals surface area contributed by atoms with Crippen LogP contribution in [0.2, 0.25) is 0 Å². The molecule has 0 radical (unpaired) electrons. The lowest BCUT2D eigenvalue weighted by atomic mass is 10.1. The van der Waals surface area contributed by atoms with Gasteiger partial charge in [0.2, 0.25) is 0 Å². The van der Waals surface area contributed by atoms with Gasteiger partial charge in [0.1, 0.15) is 0 Å². The number of ether oxygens (including phenoxy) is 1. The zero-order valence-corrected chi connectivity index (χ0v) is 12.8. The van der Waals surface area contributed by atoms with Gasteiger partial charge in [-0.25, -0.2) is 0 Å². The predicted octanol–water partition coefficient (Wildman–Crippen LogP) is 3.05. The molecule has 1 rings (SSSR count). The molecule has 1 unspecified atom stereocenters. The lowest BCUT2D eigenvalue weighted by Gasteiger charge is -2.29. The third-order valence-electron chi connectivity index (χ3n) is 3.30. The quantitative estimate of drug-likeness (QED) is 0.694. The van der Waals surface area contributed by atoms with Crippen molar-refractivity contribution in [1.29, 1.82) is 0 Å². The highest BCUT2D eigenvalue weighted by molar-refractivity contribution is 5.48. The molecule has 3 heteroatoms. The van der Waals surface area contributed by atoms with Crippen molar-refractivity contribution in [2.75, 3.05) is 31.7 Å². The summed E-state index contributed by atoms with van der Waals surface area (Å²) in [6.07, 6.45) is 1.18. The second-order valence-corrected chi connectivity index (χ2v) is 4.93. The fourth-order valence-corrected chi connectivity index (χ4v) is 2.29. The summed E-state index contributed by atoms with van der Waals surface area (Å²) in [6, 6.07) is 9.23. The summed E-state index contributed by atoms with van der Waals surface area (Å²) in [5.41, 5.74) is 2.61. The third-order valence-corrected chi connectivity index (χ3v) is 3.30. The Balaban J connectivity index is 2.62. The Morgan fingerprint density at radius 2 is 1.89 bits per heavy atom. The maximum absolute atomic E-state index is 5.25. The Morgan fingerprint density at radius 1 is 1.21 bits per heavy atom. The van der Waals surface area contributed by atoms with Gasteiger partial charge in [0.25, 0.3) is 0 Å². The summed E-state index contributed by atoms with van der Waals surface area (Å²) in [6.45, 7) is 10.4. The van der Waals surface area contributed by atoms with E-state index in [0.717, 1.165) is 26.2 Å². The Bertz CT molecular complexity index is 337. The molecule has 1 N–H and O–H groups in total. The van der Waals surface area contributed by atoms with Crippen molar-refractivity contribution < 1.29 is 4.74 Å². The highest BCUT2D eigenvalue weighted by atomic mass is 16.5. The highest BCUT2D eigenvalue weighted by Gasteiger charge is 2.12. The first-order valence-electron chi connectivity index (χ1n) is 7.28. The number of rotatable bonds is 9. The van der Waals surface area contributed by atoms with Crippen LogP contribution in [0.5, 0.6) is 0 Å². The molecule has 0 bridgehead atoms. The van der Waals surface area contributed by atoms with Crippen molar-refractivity contribution >= 4 is 5.69 Å². The van der Waals surface area contributed by atoms with Crippen LogP contribution in [0.4, 0.5) is 5.69 Å². The zero-order valence-electron chi connectivity index (χ0n) is 12.8. The van der Waals surface area contributed by atoms with Gasteiger partial charge in [-0.2, -0.15) is 0 Å². The predicted molar refractivity (Wildman–Crippen MR) is 82.8 cm³/mol. The lowest BCUT2D eigenvalue weighted by molar-refractivity contribution is 0.182. The van der Waals surface area contributed by atoms with E-state index < -0.39 is 0 Å². The summed E-state index contributed by atoms with van der Waals surface area (Å²) >= 11 is 0. The van der Waals surface area contributed by atoms with Crippen LogP contribution in [0.1, 0.15) is 32.8 Å². The lowest BCUT2D eigenvalue weighted by Crippen LogP contribution is -2.36. The van der Waals surface area contributed by atoms with Crippen LogP contribution in [-0.2, 0) is 11.3 Å². The summed E-state index contributed by atoms with van der Waals surface area (Å²) in [7, 11) is 1.76. The first kappa shape index (κ1) is 16.0. The Morgan fingerprint density at radius 3 is 2.42 bits per heavy atom. The Labute approximate surface area is 118 Å². The first-order valence-corrected chi connectivity index (χ1v) is 7.28. The van der Waals surface area contributed by atoms with Crippen LogP contribution >= 0.6 is 0 Å². The Hall–Kier alpha value is -1.06. The van der Waals surface area contributed by atoms with E-state index in [1.807, 2.05) is 0 Å². The second-order valence-electron chi connectivity index (χ2n) is 4.93. The van der Waals surface area contributed by atoms with Crippen molar-refractivity contribution in [2.45, 2.75) is 39.8 Å². The molecule has 0 aliphatic rings. The molecule has 1 atom stereocenters. The Kier molecular flexibility index (Phi) is 7.53. The molecule has 3 nitrogen and oxygen atoms in total. The van der Waals surface area contributed by atoms with Gasteiger partial charge in [-0.3, -0.25) is 0 Å². The molecule has 0 fully saturated rings. The number of anilines is 1. The van der Waals surface area contributed by atoms with Crippen LogP contribution < -0.4 is 10.2 Å². The van der Waals surface area contributed by atoms with Gasteiger partial charge in [0, 0.05) is 31.9 Å². The van der Waals surface area contributed by atoms with E-state index in [1.54, 1.807) is 7.11 Å². The van der Waals surface area contributed by atoms with Crippen molar-refractivity contribution in [3.05, 3.63) is 29.8 Å². The standard InChI is InChI=1S/C16H28N2O/c1-5-11-17-12-15-7-9-16(10-8-15)18(6-2)14(3)13-19-4/h7-10,14,17H,5-6,11-13H2,1-4H3. The van der Waals surface area contributed by atoms with Crippen molar-refractivity contribution in [3.63, 3.8) is 0 Å². The van der Waals surface area contributed by atoms with Crippen LogP contribution in [0.3, 0.4) is 0 Å². The number of hydrogen-bond donors (Lipinski definition) is 1. The van der Waals surface area contributed by atoms with E-state index in [0.29, 0.717) is 6.04 Å². The zero-order chi connectivity index (χ0) is 14.1. The summed E-state index contributed by atoms with van der Waals surface area (Å²) in [4.78, 5) is 2.37. The number of methoxy groups -OCH3 is 1. The van der Waals surface area contributed by atoms with Gasteiger partial charge >= 0.3 is 0 Å². The monoisotopic (exact) mass is 264 g/mol. The van der Waals surface area contributed by atoms with E-state index in [9.17, 15) is 0 Å². The van der Waals surface area contributed by atoms with Crippen LogP contribution in [0.25, 0.3) is 0 Å². The topological polar surface area (TPSA) is 24.5 Å². The molecular weight excluding hydrogens is 236 g/mol. The molecule has 0 aliphatic heterocycles. The van der Waals surface area contributed by atoms with Gasteiger partial charge in [0.15, 0.2) is 0 Å². The SMILES string of the molecule is CCCNCc1ccc(N(CC)C(C)COC)cc1. The van der Waals surface area contributed by atoms with Crippen molar-refractivity contribution in [2.24, 2.45) is 0 Å². The van der Waals surface area contributed by atoms with Crippen LogP contribution in [0, 0.1) is 0 Å². The second kappa shape index (κ2) is 8.94. The first-order chi connectivity index (χ1) is 9.22. The number of benzene rings is 1. The van der Waals surface area contributed by atoms with E-state index in [1.165, 1.54) is 17.7 Å². The molecule has 0 aliphatic carbocycles. The third kappa shape index (κ3) is 5.21. The average Bonchev–Trinajstić information content (AvgIpc) is 2.42. The minimum absolute atomic E-state index is 0.402. The molecule has 0 saturated heterocycles. The molecule has 0 heterocycles. The number of hydrogen-bond acceptors (Lipinski definition) is 3. The van der Waals surface area contributed by atoms with E-state index in [2.05, 4.69) is 55.3 Å². The maximum atomic E-state index is 5.25. The highest BCUT2D eigenvalue weighted by Crippen LogP contribution is 2.18. The smallest absolute Gasteiger partial charge is 0.0663 e. The summed E-state index contributed by atoms with van der Waals surface area (Å²) in [5.74, 6) is 0. The average molecular weight is 264 g/mol. The minimum atomic E-state index is 0.402. The number of likely N-dealkylation sites (N-methyl/N-ethyl adjacent to an activating group) is 1. The fraction of sp³-hybridized carbons (Fsp3) is 0.625. The molecule has 19 heavy (non-hydrogen) atoms. The van der Waals surface area contributed by atoms with Gasteiger partial charge in [-0.1, -0.05) is 19.1 Å². The number of nitrogens with zero attached hydrogens (tertiary/aromatic N) is 1. The fourth-order valence-electron chi connectivity index (χ4n) is 2.29. The molecule has 1 aromatic carbocycles. The van der Waals surface area contributed by atoms with Gasteiger partial charge in [0.05, 0.1) is 6.61 Å². The van der Waals surface area contributed by atoms with Gasteiger partial charge in [-0.05, 0) is 44.5 Å². The molecule has 1 aromatic rings. The minimum Gasteiger partial charge on any atom is -0.383 e. The molecule has 0 aromatic heterocycles. The molecule has 0 spiro atoms. The van der Waals surface area contributed by atoms with Crippen LogP contribution in [-0.4, -0.2) is 32.8 Å². The van der Waals surface area contributed by atoms with Gasteiger partial charge in [-0.15, -0.1) is 0 Å². The summed E-state index contributed by atoms with van der Waals surface area (Å²) in [5, 5.41) is 3.42. The number of nitrogens with one attached hydrogen (secondary N) is 1. The van der Waals surface area contributed by atoms with Crippen LogP contribution in [0.15, 0.2) is 24.3 Å². The molecule has 108 valence electrons. The largest absolute Gasteiger partial charge is 0.383 e. The van der Waals surface area contributed by atoms with Crippen molar-refractivity contribution in [1.82, 2.24) is 5.32 Å². The molecule has 0 amide bonds. The summed E-state index contributed by atoms with van der Waals surface area (Å²) < 4.78 is 5.25. The normalized spacial score (nSPS) is 12.4.